The van der Waals surface area contributed by atoms with Crippen LogP contribution in [0.1, 0.15) is 16.7 Å². The fraction of sp³-hybridized carbons (Fsp3) is 0.278. The van der Waals surface area contributed by atoms with Gasteiger partial charge >= 0.3 is 0 Å². The van der Waals surface area contributed by atoms with Crippen molar-refractivity contribution < 1.29 is 14.2 Å². The minimum Gasteiger partial charge on any atom is -0.493 e. The number of rotatable bonds is 4. The second kappa shape index (κ2) is 6.91. The van der Waals surface area contributed by atoms with Gasteiger partial charge in [0.25, 0.3) is 0 Å². The third-order valence-corrected chi connectivity index (χ3v) is 4.73. The number of methoxy groups -OCH3 is 3. The molecule has 0 atom stereocenters. The second-order valence-electron chi connectivity index (χ2n) is 5.29. The average Bonchev–Trinajstić information content (AvgIpc) is 2.61. The Morgan fingerprint density at radius 2 is 1.67 bits per heavy atom. The van der Waals surface area contributed by atoms with Crippen LogP contribution in [0.15, 0.2) is 29.3 Å². The molecule has 0 saturated heterocycles. The summed E-state index contributed by atoms with van der Waals surface area (Å²) in [5, 5.41) is 1.000. The zero-order valence-corrected chi connectivity index (χ0v) is 15.2. The van der Waals surface area contributed by atoms with Crippen LogP contribution < -0.4 is 14.2 Å². The van der Waals surface area contributed by atoms with Gasteiger partial charge in [-0.2, -0.15) is 0 Å². The van der Waals surface area contributed by atoms with Gasteiger partial charge in [-0.05, 0) is 30.2 Å². The van der Waals surface area contributed by atoms with E-state index in [9.17, 15) is 0 Å². The van der Waals surface area contributed by atoms with Gasteiger partial charge in [-0.1, -0.05) is 29.3 Å². The Labute approximate surface area is 151 Å². The minimum absolute atomic E-state index is 0.489. The molecule has 0 aromatic heterocycles. The maximum absolute atomic E-state index is 6.18. The summed E-state index contributed by atoms with van der Waals surface area (Å²) in [6.45, 7) is 0.682. The van der Waals surface area contributed by atoms with Crippen molar-refractivity contribution in [1.82, 2.24) is 0 Å². The minimum atomic E-state index is 0.489. The normalized spacial score (nSPS) is 13.1. The van der Waals surface area contributed by atoms with E-state index in [1.54, 1.807) is 27.4 Å². The standard InChI is InChI=1S/C18H17Cl2NO3/c1-22-14-9-10-6-7-21-16(11-4-5-12(19)13(20)8-11)15(10)18(24-3)17(14)23-2/h4-5,8-9H,6-7H2,1-3H3. The molecule has 0 aliphatic carbocycles. The van der Waals surface area contributed by atoms with E-state index in [0.717, 1.165) is 28.8 Å². The Morgan fingerprint density at radius 1 is 0.917 bits per heavy atom. The Morgan fingerprint density at radius 3 is 2.29 bits per heavy atom. The SMILES string of the molecule is COc1cc2c(c(OC)c1OC)C(c1ccc(Cl)c(Cl)c1)=NCC2. The summed E-state index contributed by atoms with van der Waals surface area (Å²) in [5.74, 6) is 1.80. The summed E-state index contributed by atoms with van der Waals surface area (Å²) in [7, 11) is 4.81. The van der Waals surface area contributed by atoms with E-state index in [4.69, 9.17) is 37.4 Å². The molecule has 6 heteroatoms. The first-order chi connectivity index (χ1) is 11.6. The highest BCUT2D eigenvalue weighted by Crippen LogP contribution is 2.44. The Balaban J connectivity index is 2.24. The molecule has 0 fully saturated rings. The molecule has 3 rings (SSSR count). The van der Waals surface area contributed by atoms with E-state index in [0.29, 0.717) is 33.8 Å². The van der Waals surface area contributed by atoms with Gasteiger partial charge in [-0.3, -0.25) is 4.99 Å². The van der Waals surface area contributed by atoms with Gasteiger partial charge in [-0.15, -0.1) is 0 Å². The fourth-order valence-electron chi connectivity index (χ4n) is 2.91. The monoisotopic (exact) mass is 365 g/mol. The predicted octanol–water partition coefficient (Wildman–Crippen LogP) is 4.41. The van der Waals surface area contributed by atoms with Crippen molar-refractivity contribution in [2.24, 2.45) is 4.99 Å². The van der Waals surface area contributed by atoms with Crippen molar-refractivity contribution in [3.05, 3.63) is 51.0 Å². The van der Waals surface area contributed by atoms with Crippen LogP contribution >= 0.6 is 23.2 Å². The van der Waals surface area contributed by atoms with Crippen molar-refractivity contribution in [1.29, 1.82) is 0 Å². The Bertz CT molecular complexity index is 818. The van der Waals surface area contributed by atoms with Gasteiger partial charge in [0.15, 0.2) is 11.5 Å². The van der Waals surface area contributed by atoms with Crippen molar-refractivity contribution in [2.45, 2.75) is 6.42 Å². The van der Waals surface area contributed by atoms with Gasteiger partial charge in [-0.25, -0.2) is 0 Å². The van der Waals surface area contributed by atoms with Gasteiger partial charge in [0, 0.05) is 17.7 Å². The van der Waals surface area contributed by atoms with E-state index < -0.39 is 0 Å². The van der Waals surface area contributed by atoms with Crippen molar-refractivity contribution in [3.8, 4) is 17.2 Å². The number of halogens is 2. The Kier molecular flexibility index (Phi) is 4.88. The number of aliphatic imine (C=N–C) groups is 1. The first kappa shape index (κ1) is 16.9. The number of hydrogen-bond donors (Lipinski definition) is 0. The molecule has 0 N–H and O–H groups in total. The molecule has 0 bridgehead atoms. The summed E-state index contributed by atoms with van der Waals surface area (Å²) in [6.07, 6.45) is 0.802. The molecule has 4 nitrogen and oxygen atoms in total. The largest absolute Gasteiger partial charge is 0.493 e. The van der Waals surface area contributed by atoms with Crippen LogP contribution in [0.2, 0.25) is 10.0 Å². The fourth-order valence-corrected chi connectivity index (χ4v) is 3.21. The topological polar surface area (TPSA) is 40.0 Å². The molecule has 24 heavy (non-hydrogen) atoms. The second-order valence-corrected chi connectivity index (χ2v) is 6.10. The first-order valence-electron chi connectivity index (χ1n) is 7.42. The van der Waals surface area contributed by atoms with Gasteiger partial charge in [0.1, 0.15) is 0 Å². The average molecular weight is 366 g/mol. The Hall–Kier alpha value is -1.91. The van der Waals surface area contributed by atoms with Gasteiger partial charge in [0.2, 0.25) is 5.75 Å². The van der Waals surface area contributed by atoms with E-state index >= 15 is 0 Å². The van der Waals surface area contributed by atoms with Gasteiger partial charge in [0.05, 0.1) is 37.1 Å². The molecule has 1 aliphatic heterocycles. The molecule has 0 unspecified atom stereocenters. The van der Waals surface area contributed by atoms with Crippen LogP contribution in [0.4, 0.5) is 0 Å². The molecular weight excluding hydrogens is 349 g/mol. The van der Waals surface area contributed by atoms with Crippen LogP contribution in [0.25, 0.3) is 0 Å². The zero-order chi connectivity index (χ0) is 17.3. The summed E-state index contributed by atoms with van der Waals surface area (Å²) >= 11 is 12.2. The molecule has 0 spiro atoms. The molecular formula is C18H17Cl2NO3. The molecule has 2 aromatic carbocycles. The maximum Gasteiger partial charge on any atom is 0.203 e. The smallest absolute Gasteiger partial charge is 0.203 e. The van der Waals surface area contributed by atoms with Crippen LogP contribution in [0.3, 0.4) is 0 Å². The quantitative estimate of drug-likeness (QED) is 0.805. The lowest BCUT2D eigenvalue weighted by molar-refractivity contribution is 0.323. The van der Waals surface area contributed by atoms with Crippen LogP contribution in [-0.4, -0.2) is 33.6 Å². The zero-order valence-electron chi connectivity index (χ0n) is 13.7. The molecule has 1 heterocycles. The molecule has 0 amide bonds. The lowest BCUT2D eigenvalue weighted by Crippen LogP contribution is -2.16. The van der Waals surface area contributed by atoms with Crippen molar-refractivity contribution >= 4 is 28.9 Å². The molecule has 0 saturated carbocycles. The summed E-state index contributed by atoms with van der Waals surface area (Å²) < 4.78 is 16.6. The van der Waals surface area contributed by atoms with Crippen LogP contribution in [-0.2, 0) is 6.42 Å². The highest BCUT2D eigenvalue weighted by molar-refractivity contribution is 6.42. The number of nitrogens with zero attached hydrogens (tertiary/aromatic N) is 1. The van der Waals surface area contributed by atoms with E-state index in [1.807, 2.05) is 18.2 Å². The van der Waals surface area contributed by atoms with E-state index in [1.165, 1.54) is 0 Å². The third-order valence-electron chi connectivity index (χ3n) is 3.99. The highest BCUT2D eigenvalue weighted by atomic mass is 35.5. The lowest BCUT2D eigenvalue weighted by Gasteiger charge is -2.23. The van der Waals surface area contributed by atoms with Crippen LogP contribution in [0.5, 0.6) is 17.2 Å². The van der Waals surface area contributed by atoms with Crippen molar-refractivity contribution in [2.75, 3.05) is 27.9 Å². The lowest BCUT2D eigenvalue weighted by atomic mass is 9.91. The van der Waals surface area contributed by atoms with E-state index in [-0.39, 0.29) is 0 Å². The first-order valence-corrected chi connectivity index (χ1v) is 8.18. The number of benzene rings is 2. The summed E-state index contributed by atoms with van der Waals surface area (Å²) in [5.41, 5.74) is 3.70. The molecule has 126 valence electrons. The number of fused-ring (bicyclic) bond motifs is 1. The summed E-state index contributed by atoms with van der Waals surface area (Å²) in [4.78, 5) is 4.69. The van der Waals surface area contributed by atoms with Gasteiger partial charge < -0.3 is 14.2 Å². The summed E-state index contributed by atoms with van der Waals surface area (Å²) in [6, 6.07) is 7.46. The van der Waals surface area contributed by atoms with Crippen LogP contribution in [0, 0.1) is 0 Å². The van der Waals surface area contributed by atoms with E-state index in [2.05, 4.69) is 4.99 Å². The number of ether oxygens (including phenoxy) is 3. The third kappa shape index (κ3) is 2.80. The highest BCUT2D eigenvalue weighted by Gasteiger charge is 2.27. The predicted molar refractivity (Wildman–Crippen MR) is 96.8 cm³/mol. The molecule has 2 aromatic rings. The maximum atomic E-state index is 6.18. The molecule has 1 aliphatic rings. The number of hydrogen-bond acceptors (Lipinski definition) is 4. The molecule has 0 radical (unpaired) electrons. The van der Waals surface area contributed by atoms with Crippen molar-refractivity contribution in [3.63, 3.8) is 0 Å².